The van der Waals surface area contributed by atoms with Gasteiger partial charge in [-0.2, -0.15) is 4.31 Å². The molecule has 1 saturated heterocycles. The highest BCUT2D eigenvalue weighted by molar-refractivity contribution is 7.89. The van der Waals surface area contributed by atoms with Crippen LogP contribution in [0.4, 0.5) is 5.69 Å². The van der Waals surface area contributed by atoms with Crippen molar-refractivity contribution in [3.63, 3.8) is 0 Å². The maximum Gasteiger partial charge on any atom is 0.259 e. The molecule has 0 radical (unpaired) electrons. The summed E-state index contributed by atoms with van der Waals surface area (Å²) < 4.78 is 31.7. The van der Waals surface area contributed by atoms with Crippen LogP contribution in [-0.4, -0.2) is 49.0 Å². The van der Waals surface area contributed by atoms with Gasteiger partial charge in [-0.1, -0.05) is 0 Å². The van der Waals surface area contributed by atoms with Gasteiger partial charge in [0.2, 0.25) is 10.0 Å². The van der Waals surface area contributed by atoms with E-state index in [9.17, 15) is 23.4 Å². The Kier molecular flexibility index (Phi) is 5.24. The number of amides is 1. The number of phenols is 2. The zero-order valence-corrected chi connectivity index (χ0v) is 15.5. The molecule has 27 heavy (non-hydrogen) atoms. The van der Waals surface area contributed by atoms with Crippen molar-refractivity contribution in [2.24, 2.45) is 0 Å². The Balaban J connectivity index is 1.88. The quantitative estimate of drug-likeness (QED) is 0.672. The monoisotopic (exact) mass is 392 g/mol. The third-order valence-electron chi connectivity index (χ3n) is 4.37. The number of rotatable bonds is 5. The van der Waals surface area contributed by atoms with Crippen molar-refractivity contribution >= 4 is 21.6 Å². The first-order valence-corrected chi connectivity index (χ1v) is 9.78. The van der Waals surface area contributed by atoms with E-state index in [1.165, 1.54) is 47.8 Å². The Hall–Kier alpha value is -2.78. The van der Waals surface area contributed by atoms with Gasteiger partial charge < -0.3 is 20.3 Å². The SMILES string of the molecule is COc1ccc(C(=O)Nc2cc(S(=O)(=O)N3CCCC3)ccc2O)c(O)c1. The number of carbonyl (C=O) groups is 1. The molecule has 0 aromatic heterocycles. The van der Waals surface area contributed by atoms with Gasteiger partial charge in [0.05, 0.1) is 23.3 Å². The predicted octanol–water partition coefficient (Wildman–Crippen LogP) is 2.14. The maximum absolute atomic E-state index is 12.7. The Labute approximate surface area is 157 Å². The zero-order valence-electron chi connectivity index (χ0n) is 14.7. The number of aromatic hydroxyl groups is 2. The molecule has 3 N–H and O–H groups in total. The lowest BCUT2D eigenvalue weighted by molar-refractivity contribution is 0.102. The highest BCUT2D eigenvalue weighted by Gasteiger charge is 2.28. The van der Waals surface area contributed by atoms with Crippen LogP contribution in [-0.2, 0) is 10.0 Å². The van der Waals surface area contributed by atoms with Crippen LogP contribution in [0.3, 0.4) is 0 Å². The van der Waals surface area contributed by atoms with Crippen LogP contribution in [0.25, 0.3) is 0 Å². The minimum atomic E-state index is -3.69. The number of nitrogens with zero attached hydrogens (tertiary/aromatic N) is 1. The molecule has 8 nitrogen and oxygen atoms in total. The molecular weight excluding hydrogens is 372 g/mol. The van der Waals surface area contributed by atoms with E-state index in [0.717, 1.165) is 12.8 Å². The topological polar surface area (TPSA) is 116 Å². The second kappa shape index (κ2) is 7.45. The third kappa shape index (κ3) is 3.83. The molecule has 0 bridgehead atoms. The average molecular weight is 392 g/mol. The molecule has 1 aliphatic rings. The smallest absolute Gasteiger partial charge is 0.259 e. The first-order valence-electron chi connectivity index (χ1n) is 8.34. The van der Waals surface area contributed by atoms with E-state index in [1.54, 1.807) is 0 Å². The van der Waals surface area contributed by atoms with E-state index >= 15 is 0 Å². The van der Waals surface area contributed by atoms with Gasteiger partial charge in [-0.3, -0.25) is 4.79 Å². The van der Waals surface area contributed by atoms with Crippen molar-refractivity contribution in [2.75, 3.05) is 25.5 Å². The number of carbonyl (C=O) groups excluding carboxylic acids is 1. The van der Waals surface area contributed by atoms with E-state index in [4.69, 9.17) is 4.74 Å². The fourth-order valence-electron chi connectivity index (χ4n) is 2.87. The highest BCUT2D eigenvalue weighted by Crippen LogP contribution is 2.31. The summed E-state index contributed by atoms with van der Waals surface area (Å²) in [4.78, 5) is 12.4. The minimum absolute atomic E-state index is 0.0172. The molecular formula is C18H20N2O6S. The molecule has 9 heteroatoms. The number of sulfonamides is 1. The number of anilines is 1. The van der Waals surface area contributed by atoms with Crippen LogP contribution >= 0.6 is 0 Å². The number of methoxy groups -OCH3 is 1. The van der Waals surface area contributed by atoms with Gasteiger partial charge >= 0.3 is 0 Å². The number of benzene rings is 2. The lowest BCUT2D eigenvalue weighted by atomic mass is 10.1. The van der Waals surface area contributed by atoms with Crippen molar-refractivity contribution in [1.29, 1.82) is 0 Å². The standard InChI is InChI=1S/C18H20N2O6S/c1-26-12-4-6-14(17(22)10-12)18(23)19-15-11-13(5-7-16(15)21)27(24,25)20-8-2-3-9-20/h4-7,10-11,21-22H,2-3,8-9H2,1H3,(H,19,23). The molecule has 0 atom stereocenters. The molecule has 1 heterocycles. The number of phenolic OH excluding ortho intramolecular Hbond substituents is 2. The fourth-order valence-corrected chi connectivity index (χ4v) is 4.42. The number of nitrogens with one attached hydrogen (secondary N) is 1. The molecule has 2 aromatic rings. The first kappa shape index (κ1) is 19.0. The lowest BCUT2D eigenvalue weighted by Gasteiger charge is -2.17. The van der Waals surface area contributed by atoms with E-state index < -0.39 is 15.9 Å². The molecule has 144 valence electrons. The number of hydrogen-bond donors (Lipinski definition) is 3. The Morgan fingerprint density at radius 1 is 1.07 bits per heavy atom. The Bertz CT molecular complexity index is 968. The summed E-state index contributed by atoms with van der Waals surface area (Å²) in [6.45, 7) is 0.898. The van der Waals surface area contributed by atoms with Gasteiger partial charge in [0, 0.05) is 19.2 Å². The van der Waals surface area contributed by atoms with Crippen LogP contribution in [0.1, 0.15) is 23.2 Å². The van der Waals surface area contributed by atoms with Gasteiger partial charge in [0.1, 0.15) is 17.2 Å². The molecule has 0 unspecified atom stereocenters. The average Bonchev–Trinajstić information content (AvgIpc) is 3.18. The van der Waals surface area contributed by atoms with Gasteiger partial charge in [-0.25, -0.2) is 8.42 Å². The Morgan fingerprint density at radius 3 is 2.41 bits per heavy atom. The fraction of sp³-hybridized carbons (Fsp3) is 0.278. The molecule has 1 fully saturated rings. The molecule has 0 spiro atoms. The second-order valence-corrected chi connectivity index (χ2v) is 8.07. The summed E-state index contributed by atoms with van der Waals surface area (Å²) in [6.07, 6.45) is 1.61. The summed E-state index contributed by atoms with van der Waals surface area (Å²) in [7, 11) is -2.26. The largest absolute Gasteiger partial charge is 0.507 e. The van der Waals surface area contributed by atoms with E-state index in [0.29, 0.717) is 18.8 Å². The molecule has 0 saturated carbocycles. The maximum atomic E-state index is 12.7. The Morgan fingerprint density at radius 2 is 1.78 bits per heavy atom. The van der Waals surface area contributed by atoms with Crippen LogP contribution in [0.15, 0.2) is 41.3 Å². The molecule has 0 aliphatic carbocycles. The normalized spacial score (nSPS) is 14.9. The summed E-state index contributed by atoms with van der Waals surface area (Å²) in [6, 6.07) is 7.87. The number of hydrogen-bond acceptors (Lipinski definition) is 6. The van der Waals surface area contributed by atoms with Crippen molar-refractivity contribution in [3.05, 3.63) is 42.0 Å². The molecule has 3 rings (SSSR count). The summed E-state index contributed by atoms with van der Waals surface area (Å²) in [5, 5.41) is 22.4. The van der Waals surface area contributed by atoms with Crippen LogP contribution in [0.5, 0.6) is 17.2 Å². The van der Waals surface area contributed by atoms with Gasteiger partial charge in [-0.15, -0.1) is 0 Å². The van der Waals surface area contributed by atoms with E-state index in [2.05, 4.69) is 5.32 Å². The van der Waals surface area contributed by atoms with Gasteiger partial charge in [0.25, 0.3) is 5.91 Å². The predicted molar refractivity (Wildman–Crippen MR) is 98.7 cm³/mol. The lowest BCUT2D eigenvalue weighted by Crippen LogP contribution is -2.28. The zero-order chi connectivity index (χ0) is 19.6. The van der Waals surface area contributed by atoms with E-state index in [1.807, 2.05) is 0 Å². The van der Waals surface area contributed by atoms with Crippen molar-refractivity contribution < 1.29 is 28.2 Å². The highest BCUT2D eigenvalue weighted by atomic mass is 32.2. The van der Waals surface area contributed by atoms with Crippen molar-refractivity contribution in [2.45, 2.75) is 17.7 Å². The number of ether oxygens (including phenoxy) is 1. The molecule has 1 amide bonds. The van der Waals surface area contributed by atoms with Crippen LogP contribution in [0, 0.1) is 0 Å². The summed E-state index contributed by atoms with van der Waals surface area (Å²) in [5.74, 6) is -0.893. The van der Waals surface area contributed by atoms with Crippen LogP contribution < -0.4 is 10.1 Å². The summed E-state index contributed by atoms with van der Waals surface area (Å²) >= 11 is 0. The first-order chi connectivity index (χ1) is 12.8. The third-order valence-corrected chi connectivity index (χ3v) is 6.26. The van der Waals surface area contributed by atoms with Crippen molar-refractivity contribution in [1.82, 2.24) is 4.31 Å². The van der Waals surface area contributed by atoms with E-state index in [-0.39, 0.29) is 27.6 Å². The van der Waals surface area contributed by atoms with Gasteiger partial charge in [0.15, 0.2) is 0 Å². The summed E-state index contributed by atoms with van der Waals surface area (Å²) in [5.41, 5.74) is -0.0986. The second-order valence-electron chi connectivity index (χ2n) is 6.13. The van der Waals surface area contributed by atoms with Gasteiger partial charge in [-0.05, 0) is 43.2 Å². The van der Waals surface area contributed by atoms with Crippen molar-refractivity contribution in [3.8, 4) is 17.2 Å². The molecule has 2 aromatic carbocycles. The molecule has 1 aliphatic heterocycles. The van der Waals surface area contributed by atoms with Crippen LogP contribution in [0.2, 0.25) is 0 Å². The minimum Gasteiger partial charge on any atom is -0.507 e.